The highest BCUT2D eigenvalue weighted by Gasteiger charge is 2.18. The van der Waals surface area contributed by atoms with E-state index in [2.05, 4.69) is 27.6 Å². The van der Waals surface area contributed by atoms with E-state index >= 15 is 0 Å². The molecule has 0 saturated carbocycles. The van der Waals surface area contributed by atoms with Crippen LogP contribution in [0.5, 0.6) is 0 Å². The Morgan fingerprint density at radius 3 is 2.67 bits per heavy atom. The van der Waals surface area contributed by atoms with Crippen molar-refractivity contribution >= 4 is 17.7 Å². The number of pyridine rings is 1. The van der Waals surface area contributed by atoms with Gasteiger partial charge >= 0.3 is 12.0 Å². The van der Waals surface area contributed by atoms with Gasteiger partial charge in [0.2, 0.25) is 0 Å². The highest BCUT2D eigenvalue weighted by atomic mass is 16.4. The van der Waals surface area contributed by atoms with Crippen LogP contribution in [0.3, 0.4) is 0 Å². The van der Waals surface area contributed by atoms with E-state index in [0.29, 0.717) is 11.4 Å². The molecule has 0 radical (unpaired) electrons. The lowest BCUT2D eigenvalue weighted by Gasteiger charge is -2.29. The van der Waals surface area contributed by atoms with Crippen LogP contribution in [0.1, 0.15) is 18.5 Å². The second kappa shape index (κ2) is 7.03. The molecule has 7 heteroatoms. The minimum Gasteiger partial charge on any atom is -0.481 e. The molecule has 0 spiro atoms. The number of likely N-dealkylation sites (tertiary alicyclic amines) is 1. The van der Waals surface area contributed by atoms with Gasteiger partial charge in [-0.05, 0) is 45.1 Å². The summed E-state index contributed by atoms with van der Waals surface area (Å²) in [5, 5.41) is 14.3. The van der Waals surface area contributed by atoms with Gasteiger partial charge in [0.15, 0.2) is 0 Å². The number of hydrogen-bond donors (Lipinski definition) is 3. The first-order valence-electron chi connectivity index (χ1n) is 6.95. The van der Waals surface area contributed by atoms with Crippen LogP contribution in [-0.4, -0.2) is 53.2 Å². The monoisotopic (exact) mass is 292 g/mol. The predicted octanol–water partition coefficient (Wildman–Crippen LogP) is 0.924. The maximum absolute atomic E-state index is 11.9. The average molecular weight is 292 g/mol. The summed E-state index contributed by atoms with van der Waals surface area (Å²) >= 11 is 0. The third-order valence-electron chi connectivity index (χ3n) is 3.47. The minimum absolute atomic E-state index is 0.123. The van der Waals surface area contributed by atoms with E-state index in [1.54, 1.807) is 12.1 Å². The number of aromatic nitrogens is 1. The lowest BCUT2D eigenvalue weighted by Crippen LogP contribution is -2.44. The van der Waals surface area contributed by atoms with Crippen LogP contribution in [0.2, 0.25) is 0 Å². The molecule has 0 aliphatic carbocycles. The second-order valence-corrected chi connectivity index (χ2v) is 5.28. The zero-order valence-electron chi connectivity index (χ0n) is 12.0. The zero-order chi connectivity index (χ0) is 15.2. The SMILES string of the molecule is CN1CCC(NC(=O)Nc2ccc(CC(=O)O)nc2)CC1. The van der Waals surface area contributed by atoms with Crippen LogP contribution >= 0.6 is 0 Å². The van der Waals surface area contributed by atoms with Gasteiger partial charge in [-0.3, -0.25) is 9.78 Å². The zero-order valence-corrected chi connectivity index (χ0v) is 12.0. The van der Waals surface area contributed by atoms with Gasteiger partial charge in [-0.1, -0.05) is 0 Å². The number of nitrogens with zero attached hydrogens (tertiary/aromatic N) is 2. The molecule has 2 amide bonds. The van der Waals surface area contributed by atoms with Gasteiger partial charge in [-0.2, -0.15) is 0 Å². The van der Waals surface area contributed by atoms with Crippen molar-refractivity contribution in [2.24, 2.45) is 0 Å². The summed E-state index contributed by atoms with van der Waals surface area (Å²) in [7, 11) is 2.07. The number of aliphatic carboxylic acids is 1. The van der Waals surface area contributed by atoms with Crippen molar-refractivity contribution in [1.29, 1.82) is 0 Å². The molecule has 1 aromatic rings. The summed E-state index contributed by atoms with van der Waals surface area (Å²) in [5.74, 6) is -0.928. The van der Waals surface area contributed by atoms with Crippen LogP contribution in [-0.2, 0) is 11.2 Å². The van der Waals surface area contributed by atoms with Crippen LogP contribution in [0.15, 0.2) is 18.3 Å². The van der Waals surface area contributed by atoms with Gasteiger partial charge in [-0.25, -0.2) is 4.79 Å². The standard InChI is InChI=1S/C14H20N4O3/c1-18-6-4-10(5-7-18)16-14(21)17-12-3-2-11(15-9-12)8-13(19)20/h2-3,9-10H,4-8H2,1H3,(H,19,20)(H2,16,17,21). The Hall–Kier alpha value is -2.15. The van der Waals surface area contributed by atoms with E-state index in [1.807, 2.05) is 0 Å². The quantitative estimate of drug-likeness (QED) is 0.767. The first-order chi connectivity index (χ1) is 10.0. The number of piperidine rings is 1. The minimum atomic E-state index is -0.928. The summed E-state index contributed by atoms with van der Waals surface area (Å²) in [4.78, 5) is 28.7. The van der Waals surface area contributed by atoms with Gasteiger partial charge in [0.25, 0.3) is 0 Å². The highest BCUT2D eigenvalue weighted by molar-refractivity contribution is 5.89. The molecule has 2 heterocycles. The molecule has 0 bridgehead atoms. The first kappa shape index (κ1) is 15.2. The summed E-state index contributed by atoms with van der Waals surface area (Å²) in [6.45, 7) is 1.97. The highest BCUT2D eigenvalue weighted by Crippen LogP contribution is 2.10. The Morgan fingerprint density at radius 2 is 2.10 bits per heavy atom. The van der Waals surface area contributed by atoms with Crippen LogP contribution in [0, 0.1) is 0 Å². The molecular formula is C14H20N4O3. The Kier molecular flexibility index (Phi) is 5.10. The van der Waals surface area contributed by atoms with Crippen molar-refractivity contribution in [3.63, 3.8) is 0 Å². The number of carboxylic acid groups (broad SMARTS) is 1. The molecule has 21 heavy (non-hydrogen) atoms. The number of urea groups is 1. The van der Waals surface area contributed by atoms with Gasteiger partial charge < -0.3 is 20.6 Å². The van der Waals surface area contributed by atoms with E-state index in [0.717, 1.165) is 25.9 Å². The summed E-state index contributed by atoms with van der Waals surface area (Å²) < 4.78 is 0. The van der Waals surface area contributed by atoms with Crippen molar-refractivity contribution in [2.75, 3.05) is 25.5 Å². The van der Waals surface area contributed by atoms with Crippen molar-refractivity contribution in [1.82, 2.24) is 15.2 Å². The number of rotatable bonds is 4. The molecule has 114 valence electrons. The lowest BCUT2D eigenvalue weighted by atomic mass is 10.1. The van der Waals surface area contributed by atoms with Crippen LogP contribution < -0.4 is 10.6 Å². The fourth-order valence-corrected chi connectivity index (χ4v) is 2.26. The molecule has 1 aliphatic heterocycles. The second-order valence-electron chi connectivity index (χ2n) is 5.28. The average Bonchev–Trinajstić information content (AvgIpc) is 2.43. The van der Waals surface area contributed by atoms with Crippen molar-refractivity contribution in [3.8, 4) is 0 Å². The van der Waals surface area contributed by atoms with E-state index < -0.39 is 5.97 Å². The van der Waals surface area contributed by atoms with E-state index in [9.17, 15) is 9.59 Å². The summed E-state index contributed by atoms with van der Waals surface area (Å²) in [5.41, 5.74) is 1.01. The Balaban J connectivity index is 1.80. The Morgan fingerprint density at radius 1 is 1.38 bits per heavy atom. The molecule has 0 atom stereocenters. The van der Waals surface area contributed by atoms with Crippen LogP contribution in [0.4, 0.5) is 10.5 Å². The summed E-state index contributed by atoms with van der Waals surface area (Å²) in [6.07, 6.45) is 3.23. The third-order valence-corrected chi connectivity index (χ3v) is 3.47. The number of hydrogen-bond acceptors (Lipinski definition) is 4. The van der Waals surface area contributed by atoms with Crippen LogP contribution in [0.25, 0.3) is 0 Å². The van der Waals surface area contributed by atoms with E-state index in [1.165, 1.54) is 6.20 Å². The van der Waals surface area contributed by atoms with Gasteiger partial charge in [0, 0.05) is 6.04 Å². The van der Waals surface area contributed by atoms with E-state index in [4.69, 9.17) is 5.11 Å². The number of carboxylic acids is 1. The number of nitrogens with one attached hydrogen (secondary N) is 2. The third kappa shape index (κ3) is 5.03. The molecule has 0 unspecified atom stereocenters. The number of amides is 2. The molecule has 1 aromatic heterocycles. The van der Waals surface area contributed by atoms with E-state index in [-0.39, 0.29) is 18.5 Å². The normalized spacial score (nSPS) is 16.4. The molecule has 7 nitrogen and oxygen atoms in total. The topological polar surface area (TPSA) is 94.6 Å². The lowest BCUT2D eigenvalue weighted by molar-refractivity contribution is -0.136. The first-order valence-corrected chi connectivity index (χ1v) is 6.95. The van der Waals surface area contributed by atoms with Crippen molar-refractivity contribution in [3.05, 3.63) is 24.0 Å². The van der Waals surface area contributed by atoms with Crippen molar-refractivity contribution in [2.45, 2.75) is 25.3 Å². The Labute approximate surface area is 123 Å². The molecule has 1 fully saturated rings. The van der Waals surface area contributed by atoms with Gasteiger partial charge in [0.05, 0.1) is 24.0 Å². The molecule has 2 rings (SSSR count). The van der Waals surface area contributed by atoms with Crippen molar-refractivity contribution < 1.29 is 14.7 Å². The fourth-order valence-electron chi connectivity index (χ4n) is 2.26. The largest absolute Gasteiger partial charge is 0.481 e. The smallest absolute Gasteiger partial charge is 0.319 e. The van der Waals surface area contributed by atoms with Gasteiger partial charge in [0.1, 0.15) is 0 Å². The number of carbonyl (C=O) groups excluding carboxylic acids is 1. The number of anilines is 1. The molecule has 3 N–H and O–H groups in total. The molecular weight excluding hydrogens is 272 g/mol. The maximum Gasteiger partial charge on any atom is 0.319 e. The van der Waals surface area contributed by atoms with Gasteiger partial charge in [-0.15, -0.1) is 0 Å². The fraction of sp³-hybridized carbons (Fsp3) is 0.500. The molecule has 0 aromatic carbocycles. The molecule has 1 saturated heterocycles. The predicted molar refractivity (Wildman–Crippen MR) is 78.3 cm³/mol. The maximum atomic E-state index is 11.9. The summed E-state index contributed by atoms with van der Waals surface area (Å²) in [6, 6.07) is 3.19. The Bertz CT molecular complexity index is 495. The number of carbonyl (C=O) groups is 2. The molecule has 1 aliphatic rings.